The van der Waals surface area contributed by atoms with Gasteiger partial charge in [-0.05, 0) is 26.3 Å². The molecule has 1 aromatic rings. The van der Waals surface area contributed by atoms with Gasteiger partial charge in [-0.3, -0.25) is 4.79 Å². The van der Waals surface area contributed by atoms with Gasteiger partial charge in [0.05, 0.1) is 0 Å². The van der Waals surface area contributed by atoms with Gasteiger partial charge in [0.25, 0.3) is 0 Å². The Morgan fingerprint density at radius 3 is 2.47 bits per heavy atom. The van der Waals surface area contributed by atoms with Crippen molar-refractivity contribution >= 4 is 11.9 Å². The largest absolute Gasteiger partial charge is 0.370 e. The van der Waals surface area contributed by atoms with Gasteiger partial charge < -0.3 is 16.4 Å². The monoisotopic (exact) mass is 262 g/mol. The number of nitrogens with two attached hydrogens (primary N) is 1. The molecule has 0 bridgehead atoms. The van der Waals surface area contributed by atoms with E-state index in [-0.39, 0.29) is 24.0 Å². The first-order chi connectivity index (χ1) is 8.87. The third kappa shape index (κ3) is 7.08. The topological polar surface area (TPSA) is 79.5 Å². The average molecular weight is 262 g/mol. The lowest BCUT2D eigenvalue weighted by Crippen LogP contribution is -2.45. The molecule has 5 heteroatoms. The molecular formula is C14H22N4O. The Hall–Kier alpha value is -2.04. The molecule has 0 fully saturated rings. The first-order valence-corrected chi connectivity index (χ1v) is 6.25. The molecule has 0 heterocycles. The third-order valence-corrected chi connectivity index (χ3v) is 2.23. The highest BCUT2D eigenvalue weighted by Crippen LogP contribution is 1.98. The summed E-state index contributed by atoms with van der Waals surface area (Å²) in [6.07, 6.45) is 0. The van der Waals surface area contributed by atoms with Crippen LogP contribution in [0.15, 0.2) is 35.3 Å². The summed E-state index contributed by atoms with van der Waals surface area (Å²) in [5, 5.41) is 5.78. The van der Waals surface area contributed by atoms with E-state index >= 15 is 0 Å². The molecule has 0 radical (unpaired) electrons. The molecule has 0 aliphatic rings. The first kappa shape index (κ1) is 15.0. The summed E-state index contributed by atoms with van der Waals surface area (Å²) in [6, 6.07) is 9.72. The van der Waals surface area contributed by atoms with E-state index in [1.54, 1.807) is 0 Å². The minimum absolute atomic E-state index is 0.0295. The molecule has 0 aliphatic heterocycles. The van der Waals surface area contributed by atoms with Crippen molar-refractivity contribution in [2.45, 2.75) is 32.9 Å². The fourth-order valence-corrected chi connectivity index (χ4v) is 1.43. The van der Waals surface area contributed by atoms with Crippen LogP contribution in [0.2, 0.25) is 0 Å². The van der Waals surface area contributed by atoms with Gasteiger partial charge in [-0.1, -0.05) is 30.3 Å². The normalized spacial score (nSPS) is 12.1. The van der Waals surface area contributed by atoms with Crippen molar-refractivity contribution in [3.8, 4) is 0 Å². The molecule has 4 N–H and O–H groups in total. The van der Waals surface area contributed by atoms with Crippen LogP contribution in [0, 0.1) is 0 Å². The second kappa shape index (κ2) is 6.78. The van der Waals surface area contributed by atoms with E-state index in [9.17, 15) is 4.79 Å². The Bertz CT molecular complexity index is 435. The molecule has 19 heavy (non-hydrogen) atoms. The van der Waals surface area contributed by atoms with Gasteiger partial charge in [0.1, 0.15) is 6.54 Å². The van der Waals surface area contributed by atoms with E-state index in [0.717, 1.165) is 5.56 Å². The molecule has 1 rings (SSSR count). The maximum Gasteiger partial charge on any atom is 0.242 e. The fourth-order valence-electron chi connectivity index (χ4n) is 1.43. The van der Waals surface area contributed by atoms with Crippen molar-refractivity contribution in [2.75, 3.05) is 6.54 Å². The number of nitrogens with one attached hydrogen (secondary N) is 2. The molecule has 104 valence electrons. The van der Waals surface area contributed by atoms with Crippen LogP contribution in [0.3, 0.4) is 0 Å². The summed E-state index contributed by atoms with van der Waals surface area (Å²) in [7, 11) is 0. The number of carbonyl (C=O) groups is 1. The third-order valence-electron chi connectivity index (χ3n) is 2.23. The number of rotatable bonds is 4. The summed E-state index contributed by atoms with van der Waals surface area (Å²) in [5.41, 5.74) is 6.57. The number of amides is 1. The molecule has 0 spiro atoms. The van der Waals surface area contributed by atoms with Gasteiger partial charge in [-0.25, -0.2) is 4.99 Å². The number of benzene rings is 1. The van der Waals surface area contributed by atoms with Crippen LogP contribution in [0.5, 0.6) is 0 Å². The molecular weight excluding hydrogens is 240 g/mol. The number of hydrogen-bond acceptors (Lipinski definition) is 2. The lowest BCUT2D eigenvalue weighted by atomic mass is 10.1. The number of carbonyl (C=O) groups excluding carboxylic acids is 1. The molecule has 0 saturated heterocycles. The average Bonchev–Trinajstić information content (AvgIpc) is 2.33. The highest BCUT2D eigenvalue weighted by atomic mass is 16.1. The highest BCUT2D eigenvalue weighted by molar-refractivity contribution is 5.84. The van der Waals surface area contributed by atoms with Crippen LogP contribution in [-0.4, -0.2) is 24.0 Å². The molecule has 0 aliphatic carbocycles. The molecule has 0 unspecified atom stereocenters. The van der Waals surface area contributed by atoms with Gasteiger partial charge in [0.15, 0.2) is 5.96 Å². The van der Waals surface area contributed by atoms with Crippen LogP contribution in [0.4, 0.5) is 0 Å². The second-order valence-corrected chi connectivity index (χ2v) is 5.34. The van der Waals surface area contributed by atoms with Gasteiger partial charge in [-0.15, -0.1) is 0 Å². The number of hydrogen-bond donors (Lipinski definition) is 3. The van der Waals surface area contributed by atoms with E-state index in [2.05, 4.69) is 15.6 Å². The van der Waals surface area contributed by atoms with E-state index in [0.29, 0.717) is 6.54 Å². The van der Waals surface area contributed by atoms with E-state index in [4.69, 9.17) is 5.73 Å². The van der Waals surface area contributed by atoms with Crippen LogP contribution in [0.1, 0.15) is 26.3 Å². The second-order valence-electron chi connectivity index (χ2n) is 5.34. The molecule has 5 nitrogen and oxygen atoms in total. The molecule has 0 saturated carbocycles. The summed E-state index contributed by atoms with van der Waals surface area (Å²) < 4.78 is 0. The fraction of sp³-hybridized carbons (Fsp3) is 0.429. The smallest absolute Gasteiger partial charge is 0.242 e. The Labute approximate surface area is 114 Å². The maximum absolute atomic E-state index is 11.6. The van der Waals surface area contributed by atoms with E-state index in [1.165, 1.54) is 0 Å². The number of guanidine groups is 1. The summed E-state index contributed by atoms with van der Waals surface area (Å²) in [5.74, 6) is 0.130. The zero-order chi connectivity index (χ0) is 14.3. The highest BCUT2D eigenvalue weighted by Gasteiger charge is 2.10. The van der Waals surface area contributed by atoms with Crippen molar-refractivity contribution < 1.29 is 4.79 Å². The molecule has 0 aromatic heterocycles. The SMILES string of the molecule is CC(C)(C)NC(N)=NCC(=O)NCc1ccccc1. The summed E-state index contributed by atoms with van der Waals surface area (Å²) >= 11 is 0. The predicted octanol–water partition coefficient (Wildman–Crippen LogP) is 1.01. The van der Waals surface area contributed by atoms with Gasteiger partial charge in [0.2, 0.25) is 5.91 Å². The standard InChI is InChI=1S/C14H22N4O/c1-14(2,3)18-13(15)17-10-12(19)16-9-11-7-5-4-6-8-11/h4-8H,9-10H2,1-3H3,(H,16,19)(H3,15,17,18). The van der Waals surface area contributed by atoms with Gasteiger partial charge in [-0.2, -0.15) is 0 Å². The van der Waals surface area contributed by atoms with Crippen molar-refractivity contribution in [3.05, 3.63) is 35.9 Å². The van der Waals surface area contributed by atoms with E-state index in [1.807, 2.05) is 51.1 Å². The molecule has 0 atom stereocenters. The van der Waals surface area contributed by atoms with Crippen LogP contribution in [0.25, 0.3) is 0 Å². The Morgan fingerprint density at radius 2 is 1.89 bits per heavy atom. The summed E-state index contributed by atoms with van der Waals surface area (Å²) in [6.45, 7) is 6.46. The first-order valence-electron chi connectivity index (χ1n) is 6.25. The lowest BCUT2D eigenvalue weighted by Gasteiger charge is -2.20. The van der Waals surface area contributed by atoms with E-state index < -0.39 is 0 Å². The molecule has 1 aromatic carbocycles. The van der Waals surface area contributed by atoms with Crippen molar-refractivity contribution in [3.63, 3.8) is 0 Å². The summed E-state index contributed by atoms with van der Waals surface area (Å²) in [4.78, 5) is 15.6. The minimum atomic E-state index is -0.159. The molecule has 1 amide bonds. The van der Waals surface area contributed by atoms with Crippen molar-refractivity contribution in [2.24, 2.45) is 10.7 Å². The quantitative estimate of drug-likeness (QED) is 0.559. The number of nitrogens with zero attached hydrogens (tertiary/aromatic N) is 1. The lowest BCUT2D eigenvalue weighted by molar-refractivity contribution is -0.119. The zero-order valence-corrected chi connectivity index (χ0v) is 11.7. The zero-order valence-electron chi connectivity index (χ0n) is 11.7. The van der Waals surface area contributed by atoms with Crippen LogP contribution in [-0.2, 0) is 11.3 Å². The van der Waals surface area contributed by atoms with Crippen LogP contribution < -0.4 is 16.4 Å². The predicted molar refractivity (Wildman–Crippen MR) is 77.7 cm³/mol. The Balaban J connectivity index is 2.34. The van der Waals surface area contributed by atoms with Gasteiger partial charge >= 0.3 is 0 Å². The Kier molecular flexibility index (Phi) is 5.36. The van der Waals surface area contributed by atoms with Crippen LogP contribution >= 0.6 is 0 Å². The number of aliphatic imine (C=N–C) groups is 1. The minimum Gasteiger partial charge on any atom is -0.370 e. The van der Waals surface area contributed by atoms with Crippen molar-refractivity contribution in [1.29, 1.82) is 0 Å². The maximum atomic E-state index is 11.6. The Morgan fingerprint density at radius 1 is 1.26 bits per heavy atom. The van der Waals surface area contributed by atoms with Crippen molar-refractivity contribution in [1.82, 2.24) is 10.6 Å². The van der Waals surface area contributed by atoms with Gasteiger partial charge in [0, 0.05) is 12.1 Å².